The molecule has 2 bridgehead atoms. The second-order valence-electron chi connectivity index (χ2n) is 19.0. The lowest BCUT2D eigenvalue weighted by Crippen LogP contribution is -2.69. The van der Waals surface area contributed by atoms with E-state index in [0.717, 1.165) is 11.1 Å². The Balaban J connectivity index is 1.67. The maximum Gasteiger partial charge on any atom is 0.438 e. The van der Waals surface area contributed by atoms with Gasteiger partial charge in [-0.25, -0.2) is 29.4 Å². The molecule has 5 rings (SSSR count). The number of nitrogens with zero attached hydrogens (tertiary/aromatic N) is 4. The molecule has 2 fully saturated rings. The number of aliphatic imine (C=N–C) groups is 2. The molecule has 2 heterocycles. The van der Waals surface area contributed by atoms with Crippen molar-refractivity contribution in [3.63, 3.8) is 0 Å². The SMILES string of the molecule is COc1cc(OC(=NC(=O)OC(C)(C)C)NC(=O)OC(C)(C)C)c2c3c1C[C@@H]1[C@@H]4CC[C@@H](N(C(=O)OC(C)(C)C)C(N)=NC(=O)OC(C)(C)C)[C@H](O2)[C@]34CCN1C. The number of hydrogen-bond donors (Lipinski definition) is 2. The predicted molar refractivity (Wildman–Crippen MR) is 210 cm³/mol. The molecule has 2 aliphatic heterocycles. The second-order valence-corrected chi connectivity index (χ2v) is 19.0. The highest BCUT2D eigenvalue weighted by Crippen LogP contribution is 2.65. The summed E-state index contributed by atoms with van der Waals surface area (Å²) in [6.07, 6.45) is -2.12. The molecule has 0 radical (unpaired) electrons. The van der Waals surface area contributed by atoms with Gasteiger partial charge in [-0.15, -0.1) is 9.98 Å². The Bertz CT molecular complexity index is 1830. The summed E-state index contributed by atoms with van der Waals surface area (Å²) >= 11 is 0. The van der Waals surface area contributed by atoms with E-state index in [9.17, 15) is 19.2 Å². The molecule has 3 N–H and O–H groups in total. The van der Waals surface area contributed by atoms with Gasteiger partial charge in [0.1, 0.15) is 34.3 Å². The number of benzene rings is 1. The van der Waals surface area contributed by atoms with E-state index < -0.39 is 76.3 Å². The van der Waals surface area contributed by atoms with Gasteiger partial charge in [-0.2, -0.15) is 0 Å². The molecule has 17 nitrogen and oxygen atoms in total. The molecule has 1 aromatic rings. The number of alkyl carbamates (subject to hydrolysis) is 1. The fourth-order valence-electron chi connectivity index (χ4n) is 8.35. The van der Waals surface area contributed by atoms with E-state index in [-0.39, 0.29) is 17.7 Å². The van der Waals surface area contributed by atoms with Crippen LogP contribution in [-0.4, -0.2) is 107 Å². The third kappa shape index (κ3) is 9.50. The molecular formula is C40H60N6O11. The van der Waals surface area contributed by atoms with E-state index in [1.165, 1.54) is 4.90 Å². The molecule has 2 aliphatic carbocycles. The molecule has 0 unspecified atom stereocenters. The van der Waals surface area contributed by atoms with Crippen molar-refractivity contribution in [3.8, 4) is 17.2 Å². The van der Waals surface area contributed by atoms with Crippen LogP contribution in [0.5, 0.6) is 17.2 Å². The number of carbonyl (C=O) groups excluding carboxylic acids is 4. The highest BCUT2D eigenvalue weighted by atomic mass is 16.6. The summed E-state index contributed by atoms with van der Waals surface area (Å²) < 4.78 is 41.5. The van der Waals surface area contributed by atoms with Gasteiger partial charge in [-0.3, -0.25) is 0 Å². The first-order valence-corrected chi connectivity index (χ1v) is 19.3. The number of amidine groups is 1. The third-order valence-electron chi connectivity index (χ3n) is 10.0. The molecule has 4 aliphatic rings. The van der Waals surface area contributed by atoms with Crippen LogP contribution in [0.2, 0.25) is 0 Å². The van der Waals surface area contributed by atoms with Crippen LogP contribution in [0.15, 0.2) is 16.1 Å². The van der Waals surface area contributed by atoms with Crippen LogP contribution in [-0.2, 0) is 30.8 Å². The van der Waals surface area contributed by atoms with E-state index in [1.54, 1.807) is 96.3 Å². The Labute approximate surface area is 334 Å². The van der Waals surface area contributed by atoms with Gasteiger partial charge in [-0.1, -0.05) is 0 Å². The molecule has 5 atom stereocenters. The number of likely N-dealkylation sites (N-methyl/N-ethyl adjacent to an activating group) is 1. The zero-order chi connectivity index (χ0) is 42.6. The minimum atomic E-state index is -1.02. The van der Waals surface area contributed by atoms with E-state index in [0.29, 0.717) is 43.7 Å². The number of nitrogens with two attached hydrogens (primary N) is 1. The monoisotopic (exact) mass is 800 g/mol. The molecular weight excluding hydrogens is 740 g/mol. The van der Waals surface area contributed by atoms with Crippen molar-refractivity contribution in [2.24, 2.45) is 21.6 Å². The molecule has 1 spiro atoms. The van der Waals surface area contributed by atoms with Gasteiger partial charge in [0.05, 0.1) is 13.2 Å². The van der Waals surface area contributed by atoms with E-state index >= 15 is 0 Å². The van der Waals surface area contributed by atoms with Gasteiger partial charge in [0.15, 0.2) is 11.5 Å². The first-order valence-electron chi connectivity index (χ1n) is 19.3. The largest absolute Gasteiger partial charge is 0.496 e. The molecule has 1 aromatic carbocycles. The quantitative estimate of drug-likeness (QED) is 0.193. The molecule has 1 saturated carbocycles. The van der Waals surface area contributed by atoms with Crippen molar-refractivity contribution in [2.75, 3.05) is 20.7 Å². The van der Waals surface area contributed by atoms with Gasteiger partial charge in [0.25, 0.3) is 0 Å². The summed E-state index contributed by atoms with van der Waals surface area (Å²) in [6, 6.07) is 0.421. The van der Waals surface area contributed by atoms with Crippen molar-refractivity contribution in [3.05, 3.63) is 17.2 Å². The third-order valence-corrected chi connectivity index (χ3v) is 10.0. The molecule has 4 amide bonds. The number of hydrogen-bond acceptors (Lipinski definition) is 12. The number of guanidine groups is 1. The number of amides is 4. The Morgan fingerprint density at radius 1 is 0.860 bits per heavy atom. The van der Waals surface area contributed by atoms with Crippen molar-refractivity contribution >= 4 is 36.4 Å². The number of ether oxygens (including phenoxy) is 7. The summed E-state index contributed by atoms with van der Waals surface area (Å²) in [7, 11) is 3.65. The number of piperidine rings is 1. The molecule has 316 valence electrons. The fourth-order valence-corrected chi connectivity index (χ4v) is 8.35. The Hall–Kier alpha value is -4.80. The van der Waals surface area contributed by atoms with Crippen molar-refractivity contribution in [1.82, 2.24) is 15.1 Å². The highest BCUT2D eigenvalue weighted by molar-refractivity contribution is 5.99. The van der Waals surface area contributed by atoms with Gasteiger partial charge >= 0.3 is 30.4 Å². The second kappa shape index (κ2) is 15.2. The summed E-state index contributed by atoms with van der Waals surface area (Å²) in [5.74, 6) is 0.565. The number of nitrogens with one attached hydrogen (secondary N) is 1. The summed E-state index contributed by atoms with van der Waals surface area (Å²) in [5.41, 5.74) is 4.03. The number of methoxy groups -OCH3 is 1. The van der Waals surface area contributed by atoms with Gasteiger partial charge < -0.3 is 43.8 Å². The normalized spacial score (nSPS) is 24.7. The van der Waals surface area contributed by atoms with E-state index in [2.05, 4.69) is 27.2 Å². The van der Waals surface area contributed by atoms with Crippen LogP contribution in [0.25, 0.3) is 0 Å². The molecule has 17 heteroatoms. The lowest BCUT2D eigenvalue weighted by atomic mass is 9.51. The topological polar surface area (TPSA) is 202 Å². The summed E-state index contributed by atoms with van der Waals surface area (Å²) in [6.45, 7) is 21.1. The standard InChI is InChI=1S/C40H60N6O11/c1-36(2,3)54-32(47)42-30(41)46(35(50)57-39(10,11)12)23-16-15-22-24-19-21-25(51-14)20-26(28-27(21)40(22,29(23)53-28)17-18-45(24)13)52-31(43-33(48)55-37(4,5)6)44-34(49)56-38(7,8)9/h20,22-24,29H,15-19H2,1-14H3,(H2,41,42,47)(H,43,44,48,49)/t22-,23+,24+,29-,40-/m0/s1. The summed E-state index contributed by atoms with van der Waals surface area (Å²) in [5, 5.41) is 2.45. The van der Waals surface area contributed by atoms with Gasteiger partial charge in [-0.05, 0) is 128 Å². The van der Waals surface area contributed by atoms with Crippen LogP contribution >= 0.6 is 0 Å². The Morgan fingerprint density at radius 2 is 1.44 bits per heavy atom. The lowest BCUT2D eigenvalue weighted by Gasteiger charge is -2.59. The van der Waals surface area contributed by atoms with Crippen LogP contribution in [0.3, 0.4) is 0 Å². The smallest absolute Gasteiger partial charge is 0.438 e. The van der Waals surface area contributed by atoms with Crippen molar-refractivity contribution in [1.29, 1.82) is 0 Å². The van der Waals surface area contributed by atoms with Gasteiger partial charge in [0, 0.05) is 28.7 Å². The zero-order valence-electron chi connectivity index (χ0n) is 35.8. The predicted octanol–water partition coefficient (Wildman–Crippen LogP) is 6.41. The molecule has 57 heavy (non-hydrogen) atoms. The average Bonchev–Trinajstić information content (AvgIpc) is 3.35. The van der Waals surface area contributed by atoms with Crippen LogP contribution in [0.4, 0.5) is 19.2 Å². The van der Waals surface area contributed by atoms with E-state index in [1.807, 2.05) is 0 Å². The number of rotatable bonds is 3. The van der Waals surface area contributed by atoms with Crippen molar-refractivity contribution in [2.45, 2.75) is 155 Å². The lowest BCUT2D eigenvalue weighted by molar-refractivity contribution is -0.0738. The Morgan fingerprint density at radius 3 is 2.00 bits per heavy atom. The number of carbonyl (C=O) groups is 4. The first kappa shape index (κ1) is 43.3. The molecule has 0 aromatic heterocycles. The van der Waals surface area contributed by atoms with Crippen LogP contribution < -0.4 is 25.3 Å². The maximum absolute atomic E-state index is 14.2. The number of likely N-dealkylation sites (tertiary alicyclic amines) is 1. The average molecular weight is 801 g/mol. The van der Waals surface area contributed by atoms with Crippen LogP contribution in [0, 0.1) is 5.92 Å². The maximum atomic E-state index is 14.2. The zero-order valence-corrected chi connectivity index (χ0v) is 35.8. The van der Waals surface area contributed by atoms with Crippen molar-refractivity contribution < 1.29 is 52.3 Å². The van der Waals surface area contributed by atoms with E-state index in [4.69, 9.17) is 38.9 Å². The van der Waals surface area contributed by atoms with Crippen LogP contribution in [0.1, 0.15) is 113 Å². The minimum absolute atomic E-state index is 0.0606. The highest BCUT2D eigenvalue weighted by Gasteiger charge is 2.67. The molecule has 1 saturated heterocycles. The first-order chi connectivity index (χ1) is 26.1. The fraction of sp³-hybridized carbons (Fsp3) is 0.700. The summed E-state index contributed by atoms with van der Waals surface area (Å²) in [4.78, 5) is 64.8. The Kier molecular flexibility index (Phi) is 11.5. The minimum Gasteiger partial charge on any atom is -0.496 e. The van der Waals surface area contributed by atoms with Gasteiger partial charge in [0.2, 0.25) is 5.96 Å².